The van der Waals surface area contributed by atoms with E-state index in [4.69, 9.17) is 17.3 Å². The molecule has 23 heavy (non-hydrogen) atoms. The van der Waals surface area contributed by atoms with Crippen molar-refractivity contribution in [3.63, 3.8) is 0 Å². The van der Waals surface area contributed by atoms with E-state index in [2.05, 4.69) is 15.3 Å². The predicted molar refractivity (Wildman–Crippen MR) is 83.7 cm³/mol. The number of anilines is 3. The summed E-state index contributed by atoms with van der Waals surface area (Å²) in [6.07, 6.45) is -3.36. The average Bonchev–Trinajstić information content (AvgIpc) is 2.51. The second-order valence-corrected chi connectivity index (χ2v) is 5.19. The molecule has 0 atom stereocenters. The summed E-state index contributed by atoms with van der Waals surface area (Å²) in [7, 11) is 0. The number of hydrogen-bond donors (Lipinski definition) is 2. The lowest BCUT2D eigenvalue weighted by atomic mass is 10.2. The van der Waals surface area contributed by atoms with E-state index in [1.165, 1.54) is 0 Å². The molecule has 0 saturated carbocycles. The van der Waals surface area contributed by atoms with Crippen LogP contribution in [0.15, 0.2) is 42.6 Å². The van der Waals surface area contributed by atoms with Crippen LogP contribution in [0.1, 0.15) is 5.56 Å². The monoisotopic (exact) mass is 338 g/mol. The van der Waals surface area contributed by atoms with Crippen LogP contribution in [0.3, 0.4) is 0 Å². The van der Waals surface area contributed by atoms with Crippen LogP contribution < -0.4 is 11.1 Å². The summed E-state index contributed by atoms with van der Waals surface area (Å²) in [5, 5.41) is 3.80. The lowest BCUT2D eigenvalue weighted by molar-refractivity contribution is -0.137. The van der Waals surface area contributed by atoms with Crippen molar-refractivity contribution in [2.24, 2.45) is 0 Å². The van der Waals surface area contributed by atoms with E-state index >= 15 is 0 Å². The van der Waals surface area contributed by atoms with E-state index in [0.717, 1.165) is 18.3 Å². The summed E-state index contributed by atoms with van der Waals surface area (Å²) >= 11 is 6.08. The molecule has 0 radical (unpaired) electrons. The number of nitrogens with zero attached hydrogens (tertiary/aromatic N) is 2. The van der Waals surface area contributed by atoms with Gasteiger partial charge in [0.2, 0.25) is 0 Å². The van der Waals surface area contributed by atoms with E-state index in [1.54, 1.807) is 24.3 Å². The summed E-state index contributed by atoms with van der Waals surface area (Å²) < 4.78 is 38.1. The van der Waals surface area contributed by atoms with Crippen LogP contribution in [0.25, 0.3) is 10.9 Å². The molecule has 8 heteroatoms. The molecule has 0 fully saturated rings. The summed E-state index contributed by atoms with van der Waals surface area (Å²) in [4.78, 5) is 8.14. The van der Waals surface area contributed by atoms with Crippen molar-refractivity contribution >= 4 is 39.8 Å². The zero-order valence-electron chi connectivity index (χ0n) is 11.5. The number of pyridine rings is 2. The molecule has 3 N–H and O–H groups in total. The summed E-state index contributed by atoms with van der Waals surface area (Å²) in [5.74, 6) is 0.350. The molecule has 4 nitrogen and oxygen atoms in total. The first-order valence-corrected chi connectivity index (χ1v) is 6.87. The fourth-order valence-electron chi connectivity index (χ4n) is 2.08. The van der Waals surface area contributed by atoms with Gasteiger partial charge in [-0.3, -0.25) is 0 Å². The Kier molecular flexibility index (Phi) is 3.73. The minimum absolute atomic E-state index is 0.0340. The predicted octanol–water partition coefficient (Wildman–Crippen LogP) is 4.63. The Labute approximate surface area is 134 Å². The van der Waals surface area contributed by atoms with Crippen molar-refractivity contribution in [3.05, 3.63) is 53.2 Å². The van der Waals surface area contributed by atoms with E-state index in [-0.39, 0.29) is 5.82 Å². The molecular formula is C15H10ClF3N4. The first kappa shape index (κ1) is 15.4. The number of alkyl halides is 3. The number of rotatable bonds is 2. The minimum Gasteiger partial charge on any atom is -0.398 e. The normalized spacial score (nSPS) is 11.7. The third-order valence-corrected chi connectivity index (χ3v) is 3.49. The van der Waals surface area contributed by atoms with Gasteiger partial charge in [0.05, 0.1) is 16.1 Å². The van der Waals surface area contributed by atoms with Gasteiger partial charge in [-0.25, -0.2) is 9.97 Å². The molecule has 0 aliphatic heterocycles. The largest absolute Gasteiger partial charge is 0.416 e. The minimum atomic E-state index is -4.44. The number of benzene rings is 1. The van der Waals surface area contributed by atoms with Gasteiger partial charge in [0.15, 0.2) is 0 Å². The fraction of sp³-hybridized carbons (Fsp3) is 0.0667. The van der Waals surface area contributed by atoms with Gasteiger partial charge in [-0.05, 0) is 36.4 Å². The van der Waals surface area contributed by atoms with Gasteiger partial charge in [-0.15, -0.1) is 0 Å². The quantitative estimate of drug-likeness (QED) is 0.669. The molecule has 0 unspecified atom stereocenters. The van der Waals surface area contributed by atoms with Gasteiger partial charge in [0.25, 0.3) is 0 Å². The van der Waals surface area contributed by atoms with Gasteiger partial charge >= 0.3 is 6.18 Å². The highest BCUT2D eigenvalue weighted by molar-refractivity contribution is 6.35. The van der Waals surface area contributed by atoms with Crippen LogP contribution in [-0.4, -0.2) is 9.97 Å². The third kappa shape index (κ3) is 3.14. The number of nitrogen functional groups attached to an aromatic ring is 1. The van der Waals surface area contributed by atoms with Crippen LogP contribution in [-0.2, 0) is 6.18 Å². The van der Waals surface area contributed by atoms with E-state index in [9.17, 15) is 13.2 Å². The summed E-state index contributed by atoms with van der Waals surface area (Å²) in [5.41, 5.74) is 6.02. The molecule has 2 heterocycles. The van der Waals surface area contributed by atoms with E-state index in [1.807, 2.05) is 0 Å². The number of aromatic nitrogens is 2. The lowest BCUT2D eigenvalue weighted by Gasteiger charge is -2.10. The molecule has 0 aliphatic carbocycles. The Balaban J connectivity index is 1.98. The summed E-state index contributed by atoms with van der Waals surface area (Å²) in [6, 6.07) is 8.37. The molecule has 3 aromatic rings. The third-order valence-electron chi connectivity index (χ3n) is 3.19. The molecule has 3 rings (SSSR count). The van der Waals surface area contributed by atoms with Gasteiger partial charge in [0.1, 0.15) is 11.6 Å². The van der Waals surface area contributed by atoms with Crippen molar-refractivity contribution in [1.29, 1.82) is 0 Å². The summed E-state index contributed by atoms with van der Waals surface area (Å²) in [6.45, 7) is 0. The zero-order valence-corrected chi connectivity index (χ0v) is 12.3. The Morgan fingerprint density at radius 3 is 2.57 bits per heavy atom. The van der Waals surface area contributed by atoms with Crippen molar-refractivity contribution in [2.45, 2.75) is 6.18 Å². The van der Waals surface area contributed by atoms with E-state index < -0.39 is 11.7 Å². The van der Waals surface area contributed by atoms with Gasteiger partial charge in [0, 0.05) is 17.3 Å². The topological polar surface area (TPSA) is 63.8 Å². The molecule has 0 bridgehead atoms. The second-order valence-electron chi connectivity index (χ2n) is 4.78. The Hall–Kier alpha value is -2.54. The number of nitrogens with two attached hydrogens (primary N) is 1. The maximum absolute atomic E-state index is 12.7. The Morgan fingerprint density at radius 1 is 1.04 bits per heavy atom. The second kappa shape index (κ2) is 5.58. The van der Waals surface area contributed by atoms with Crippen LogP contribution >= 0.6 is 11.6 Å². The van der Waals surface area contributed by atoms with Crippen molar-refractivity contribution in [2.75, 3.05) is 11.1 Å². The molecule has 118 valence electrons. The average molecular weight is 339 g/mol. The first-order chi connectivity index (χ1) is 10.8. The van der Waals surface area contributed by atoms with Gasteiger partial charge < -0.3 is 11.1 Å². The zero-order chi connectivity index (χ0) is 16.6. The molecule has 0 saturated heterocycles. The van der Waals surface area contributed by atoms with Crippen molar-refractivity contribution in [3.8, 4) is 0 Å². The lowest BCUT2D eigenvalue weighted by Crippen LogP contribution is -2.06. The number of halogens is 4. The molecular weight excluding hydrogens is 329 g/mol. The van der Waals surface area contributed by atoms with Crippen molar-refractivity contribution < 1.29 is 13.2 Å². The SMILES string of the molecule is Nc1ccc(Cl)c2nc(Nc3cc(C(F)(F)F)ccn3)ccc12. The Morgan fingerprint density at radius 2 is 1.83 bits per heavy atom. The van der Waals surface area contributed by atoms with Crippen LogP contribution in [0.2, 0.25) is 5.02 Å². The number of hydrogen-bond acceptors (Lipinski definition) is 4. The standard InChI is InChI=1S/C15H10ClF3N4/c16-10-2-3-11(20)9-1-4-12(23-14(9)10)22-13-7-8(5-6-21-13)15(17,18)19/h1-7H,20H2,(H,21,22,23). The molecule has 1 aromatic carbocycles. The maximum atomic E-state index is 12.7. The number of fused-ring (bicyclic) bond motifs is 1. The number of nitrogens with one attached hydrogen (secondary N) is 1. The molecule has 0 amide bonds. The maximum Gasteiger partial charge on any atom is 0.416 e. The molecule has 2 aromatic heterocycles. The highest BCUT2D eigenvalue weighted by atomic mass is 35.5. The van der Waals surface area contributed by atoms with Gasteiger partial charge in [-0.2, -0.15) is 13.2 Å². The first-order valence-electron chi connectivity index (χ1n) is 6.49. The van der Waals surface area contributed by atoms with Crippen molar-refractivity contribution in [1.82, 2.24) is 9.97 Å². The van der Waals surface area contributed by atoms with Crippen LogP contribution in [0.5, 0.6) is 0 Å². The van der Waals surface area contributed by atoms with Gasteiger partial charge in [-0.1, -0.05) is 11.6 Å². The van der Waals surface area contributed by atoms with Crippen LogP contribution in [0.4, 0.5) is 30.5 Å². The van der Waals surface area contributed by atoms with Crippen LogP contribution in [0, 0.1) is 0 Å². The highest BCUT2D eigenvalue weighted by Gasteiger charge is 2.30. The highest BCUT2D eigenvalue weighted by Crippen LogP contribution is 2.31. The molecule has 0 spiro atoms. The van der Waals surface area contributed by atoms with E-state index in [0.29, 0.717) is 27.4 Å². The Bertz CT molecular complexity index is 880. The smallest absolute Gasteiger partial charge is 0.398 e. The molecule has 0 aliphatic rings. The fourth-order valence-corrected chi connectivity index (χ4v) is 2.29.